The number of aromatic nitrogens is 5. The van der Waals surface area contributed by atoms with Gasteiger partial charge in [0.05, 0.1) is 26.2 Å². The highest BCUT2D eigenvalue weighted by atomic mass is 33.1. The largest absolute Gasteiger partial charge is 0.497 e. The van der Waals surface area contributed by atoms with Crippen molar-refractivity contribution >= 4 is 32.6 Å². The Hall–Kier alpha value is -2.78. The molecule has 4 aromatic rings. The van der Waals surface area contributed by atoms with Crippen LogP contribution in [0.4, 0.5) is 0 Å². The van der Waals surface area contributed by atoms with Crippen LogP contribution in [-0.4, -0.2) is 34.2 Å². The van der Waals surface area contributed by atoms with Crippen molar-refractivity contribution in [3.05, 3.63) is 60.2 Å². The molecule has 0 saturated carbocycles. The monoisotopic (exact) mass is 426 g/mol. The van der Waals surface area contributed by atoms with Gasteiger partial charge in [-0.1, -0.05) is 15.8 Å². The standard InChI is InChI=1S/C20H20N5O2S2/c1-13-17(12-28-29-20-21-8-4-9-22-20)25(10-7-18(13)27-3)19-23-15-6-5-14(26-2)11-16(15)24-19/h4-11H,12H2,1-3H3,(H,23,24)/q+1. The number of nitrogens with zero attached hydrogens (tertiary/aromatic N) is 4. The van der Waals surface area contributed by atoms with E-state index in [2.05, 4.69) is 26.4 Å². The first-order chi connectivity index (χ1) is 14.2. The van der Waals surface area contributed by atoms with E-state index in [9.17, 15) is 0 Å². The summed E-state index contributed by atoms with van der Waals surface area (Å²) < 4.78 is 12.9. The first-order valence-corrected chi connectivity index (χ1v) is 11.2. The molecule has 4 rings (SSSR count). The topological polar surface area (TPSA) is 76.8 Å². The minimum Gasteiger partial charge on any atom is -0.497 e. The first-order valence-electron chi connectivity index (χ1n) is 8.88. The van der Waals surface area contributed by atoms with E-state index in [-0.39, 0.29) is 0 Å². The number of H-pyrrole nitrogens is 1. The van der Waals surface area contributed by atoms with Gasteiger partial charge >= 0.3 is 5.95 Å². The van der Waals surface area contributed by atoms with Gasteiger partial charge in [0.1, 0.15) is 22.7 Å². The van der Waals surface area contributed by atoms with Crippen LogP contribution >= 0.6 is 21.6 Å². The molecule has 3 heterocycles. The number of benzene rings is 1. The summed E-state index contributed by atoms with van der Waals surface area (Å²) in [6.07, 6.45) is 5.46. The molecule has 0 aliphatic carbocycles. The zero-order chi connectivity index (χ0) is 20.2. The molecule has 1 aromatic carbocycles. The number of aromatic amines is 1. The molecule has 0 aliphatic heterocycles. The Morgan fingerprint density at radius 1 is 1.10 bits per heavy atom. The number of methoxy groups -OCH3 is 2. The molecule has 29 heavy (non-hydrogen) atoms. The summed E-state index contributed by atoms with van der Waals surface area (Å²) in [5.41, 5.74) is 3.96. The fourth-order valence-corrected chi connectivity index (χ4v) is 4.89. The summed E-state index contributed by atoms with van der Waals surface area (Å²) in [7, 11) is 6.55. The highest BCUT2D eigenvalue weighted by Crippen LogP contribution is 2.32. The second-order valence-corrected chi connectivity index (χ2v) is 8.41. The van der Waals surface area contributed by atoms with E-state index in [0.29, 0.717) is 0 Å². The van der Waals surface area contributed by atoms with E-state index < -0.39 is 0 Å². The SMILES string of the molecule is COc1ccc2nc(-[n+]3ccc(OC)c(C)c3CSSc3ncccn3)[nH]c2c1. The summed E-state index contributed by atoms with van der Waals surface area (Å²) in [6.45, 7) is 2.06. The van der Waals surface area contributed by atoms with Gasteiger partial charge in [0.25, 0.3) is 0 Å². The Morgan fingerprint density at radius 3 is 2.69 bits per heavy atom. The summed E-state index contributed by atoms with van der Waals surface area (Å²) in [6, 6.07) is 9.56. The molecule has 0 bridgehead atoms. The van der Waals surface area contributed by atoms with Crippen molar-refractivity contribution in [3.63, 3.8) is 0 Å². The predicted molar refractivity (Wildman–Crippen MR) is 115 cm³/mol. The molecule has 0 radical (unpaired) electrons. The molecule has 0 saturated heterocycles. The second kappa shape index (κ2) is 8.71. The van der Waals surface area contributed by atoms with Gasteiger partial charge in [-0.2, -0.15) is 0 Å². The van der Waals surface area contributed by atoms with Gasteiger partial charge in [-0.05, 0) is 35.9 Å². The summed E-state index contributed by atoms with van der Waals surface area (Å²) >= 11 is 0. The van der Waals surface area contributed by atoms with Crippen molar-refractivity contribution in [2.24, 2.45) is 0 Å². The van der Waals surface area contributed by atoms with E-state index in [4.69, 9.17) is 14.5 Å². The molecule has 7 nitrogen and oxygen atoms in total. The lowest BCUT2D eigenvalue weighted by atomic mass is 10.2. The molecule has 0 fully saturated rings. The van der Waals surface area contributed by atoms with Gasteiger partial charge in [-0.3, -0.25) is 0 Å². The van der Waals surface area contributed by atoms with E-state index in [0.717, 1.165) is 50.6 Å². The molecule has 148 valence electrons. The lowest BCUT2D eigenvalue weighted by Gasteiger charge is -2.12. The molecule has 1 N–H and O–H groups in total. The lowest BCUT2D eigenvalue weighted by Crippen LogP contribution is -2.37. The van der Waals surface area contributed by atoms with Crippen LogP contribution in [0.3, 0.4) is 0 Å². The maximum Gasteiger partial charge on any atom is 0.402 e. The third-order valence-corrected chi connectivity index (χ3v) is 6.49. The van der Waals surface area contributed by atoms with Crippen LogP contribution in [0, 0.1) is 6.92 Å². The third-order valence-electron chi connectivity index (χ3n) is 4.46. The van der Waals surface area contributed by atoms with Crippen LogP contribution in [0.1, 0.15) is 11.3 Å². The summed E-state index contributed by atoms with van der Waals surface area (Å²) in [4.78, 5) is 16.7. The van der Waals surface area contributed by atoms with Gasteiger partial charge in [0, 0.05) is 30.1 Å². The van der Waals surface area contributed by atoms with Crippen molar-refractivity contribution in [1.82, 2.24) is 19.9 Å². The average molecular weight is 427 g/mol. The molecule has 0 amide bonds. The minimum atomic E-state index is 0.728. The van der Waals surface area contributed by atoms with Crippen LogP contribution in [-0.2, 0) is 5.75 Å². The zero-order valence-electron chi connectivity index (χ0n) is 16.2. The van der Waals surface area contributed by atoms with Crippen molar-refractivity contribution in [3.8, 4) is 17.4 Å². The van der Waals surface area contributed by atoms with Gasteiger partial charge in [0.15, 0.2) is 10.7 Å². The van der Waals surface area contributed by atoms with E-state index in [1.165, 1.54) is 0 Å². The molecule has 0 aliphatic rings. The maximum absolute atomic E-state index is 5.53. The fraction of sp³-hybridized carbons (Fsp3) is 0.200. The van der Waals surface area contributed by atoms with Crippen LogP contribution < -0.4 is 14.0 Å². The van der Waals surface area contributed by atoms with Crippen molar-refractivity contribution in [1.29, 1.82) is 0 Å². The Bertz CT molecular complexity index is 1130. The fourth-order valence-electron chi connectivity index (χ4n) is 2.96. The summed E-state index contributed by atoms with van der Waals surface area (Å²) in [5.74, 6) is 3.11. The number of nitrogens with one attached hydrogen (secondary N) is 1. The molecule has 3 aromatic heterocycles. The number of ether oxygens (including phenoxy) is 2. The highest BCUT2D eigenvalue weighted by molar-refractivity contribution is 8.76. The third kappa shape index (κ3) is 4.15. The Kier molecular flexibility index (Phi) is 5.86. The number of rotatable bonds is 7. The Morgan fingerprint density at radius 2 is 1.93 bits per heavy atom. The van der Waals surface area contributed by atoms with E-state index in [1.807, 2.05) is 36.5 Å². The molecule has 0 unspecified atom stereocenters. The quantitative estimate of drug-likeness (QED) is 0.273. The lowest BCUT2D eigenvalue weighted by molar-refractivity contribution is -0.610. The zero-order valence-corrected chi connectivity index (χ0v) is 17.9. The van der Waals surface area contributed by atoms with E-state index in [1.54, 1.807) is 48.2 Å². The van der Waals surface area contributed by atoms with Crippen molar-refractivity contribution < 1.29 is 14.0 Å². The van der Waals surface area contributed by atoms with Gasteiger partial charge in [0.2, 0.25) is 0 Å². The number of pyridine rings is 1. The van der Waals surface area contributed by atoms with Crippen LogP contribution in [0.15, 0.2) is 54.1 Å². The first kappa shape index (κ1) is 19.5. The van der Waals surface area contributed by atoms with Crippen molar-refractivity contribution in [2.45, 2.75) is 17.8 Å². The number of fused-ring (bicyclic) bond motifs is 1. The molecular weight excluding hydrogens is 406 g/mol. The molecular formula is C20H20N5O2S2+. The number of imidazole rings is 1. The van der Waals surface area contributed by atoms with Gasteiger partial charge in [-0.25, -0.2) is 19.5 Å². The predicted octanol–water partition coefficient (Wildman–Crippen LogP) is 3.90. The van der Waals surface area contributed by atoms with E-state index >= 15 is 0 Å². The average Bonchev–Trinajstić information content (AvgIpc) is 3.18. The van der Waals surface area contributed by atoms with Gasteiger partial charge in [-0.15, -0.1) is 0 Å². The van der Waals surface area contributed by atoms with Crippen LogP contribution in [0.25, 0.3) is 17.0 Å². The maximum atomic E-state index is 5.53. The number of hydrogen-bond donors (Lipinski definition) is 1. The Balaban J connectivity index is 1.68. The smallest absolute Gasteiger partial charge is 0.402 e. The van der Waals surface area contributed by atoms with Crippen LogP contribution in [0.2, 0.25) is 0 Å². The second-order valence-electron chi connectivity index (χ2n) is 6.15. The van der Waals surface area contributed by atoms with Gasteiger partial charge < -0.3 is 9.47 Å². The molecule has 0 spiro atoms. The summed E-state index contributed by atoms with van der Waals surface area (Å²) in [5, 5.41) is 0.737. The Labute approximate surface area is 176 Å². The highest BCUT2D eigenvalue weighted by Gasteiger charge is 2.21. The molecule has 0 atom stereocenters. The minimum absolute atomic E-state index is 0.728. The molecule has 9 heteroatoms. The van der Waals surface area contributed by atoms with Crippen LogP contribution in [0.5, 0.6) is 11.5 Å². The van der Waals surface area contributed by atoms with Crippen molar-refractivity contribution in [2.75, 3.05) is 14.2 Å². The normalized spacial score (nSPS) is 11.0. The number of hydrogen-bond acceptors (Lipinski definition) is 7.